The van der Waals surface area contributed by atoms with E-state index in [1.54, 1.807) is 12.1 Å². The first-order valence-corrected chi connectivity index (χ1v) is 6.50. The van der Waals surface area contributed by atoms with Gasteiger partial charge in [-0.05, 0) is 36.4 Å². The topological polar surface area (TPSA) is 79.3 Å². The number of hydrogen-bond donors (Lipinski definition) is 1. The van der Waals surface area contributed by atoms with Gasteiger partial charge in [-0.2, -0.15) is 0 Å². The predicted octanol–water partition coefficient (Wildman–Crippen LogP) is 4.24. The number of carboxylic acids is 1. The van der Waals surface area contributed by atoms with Gasteiger partial charge in [0.05, 0.1) is 10.7 Å². The Morgan fingerprint density at radius 2 is 1.91 bits per heavy atom. The van der Waals surface area contributed by atoms with Crippen molar-refractivity contribution >= 4 is 34.7 Å². The van der Waals surface area contributed by atoms with Crippen LogP contribution in [0.4, 0.5) is 15.9 Å². The molecule has 0 saturated heterocycles. The van der Waals surface area contributed by atoms with E-state index in [1.165, 1.54) is 34.9 Å². The molecule has 2 heterocycles. The van der Waals surface area contributed by atoms with Gasteiger partial charge in [-0.1, -0.05) is 11.6 Å². The maximum absolute atomic E-state index is 12.8. The van der Waals surface area contributed by atoms with E-state index in [2.05, 4.69) is 15.2 Å². The number of aromatic nitrogens is 2. The lowest BCUT2D eigenvalue weighted by atomic mass is 10.3. The minimum absolute atomic E-state index is 0.0364. The summed E-state index contributed by atoms with van der Waals surface area (Å²) in [6, 6.07) is 8.49. The second kappa shape index (κ2) is 5.53. The number of pyridine rings is 1. The normalized spacial score (nSPS) is 11.4. The lowest BCUT2D eigenvalue weighted by Gasteiger charge is -1.97. The monoisotopic (exact) mass is 318 g/mol. The Hall–Kier alpha value is -2.80. The van der Waals surface area contributed by atoms with Crippen molar-refractivity contribution in [2.75, 3.05) is 0 Å². The molecule has 1 N–H and O–H groups in total. The molecule has 3 aromatic rings. The van der Waals surface area contributed by atoms with E-state index in [9.17, 15) is 14.3 Å². The Morgan fingerprint density at radius 3 is 2.59 bits per heavy atom. The third kappa shape index (κ3) is 2.66. The van der Waals surface area contributed by atoms with Crippen LogP contribution in [0.2, 0.25) is 5.02 Å². The average Bonchev–Trinajstić information content (AvgIpc) is 2.85. The van der Waals surface area contributed by atoms with Crippen LogP contribution in [-0.2, 0) is 0 Å². The number of nitrogens with zero attached hydrogens (tertiary/aromatic N) is 4. The number of halogens is 2. The number of carboxylic acid groups (broad SMARTS) is 1. The summed E-state index contributed by atoms with van der Waals surface area (Å²) in [6.07, 6.45) is 1.50. The molecule has 0 unspecified atom stereocenters. The van der Waals surface area contributed by atoms with E-state index in [4.69, 9.17) is 11.6 Å². The first-order chi connectivity index (χ1) is 10.5. The molecule has 6 nitrogen and oxygen atoms in total. The first-order valence-electron chi connectivity index (χ1n) is 6.13. The largest absolute Gasteiger partial charge is 0.476 e. The number of rotatable bonds is 3. The minimum Gasteiger partial charge on any atom is -0.476 e. The first kappa shape index (κ1) is 14.2. The lowest BCUT2D eigenvalue weighted by molar-refractivity contribution is 0.0692. The van der Waals surface area contributed by atoms with Crippen molar-refractivity contribution in [1.29, 1.82) is 0 Å². The molecule has 22 heavy (non-hydrogen) atoms. The zero-order valence-corrected chi connectivity index (χ0v) is 11.7. The molecule has 0 aliphatic rings. The number of aromatic carboxylic acids is 1. The summed E-state index contributed by atoms with van der Waals surface area (Å²) in [5.74, 6) is -1.59. The van der Waals surface area contributed by atoms with Crippen molar-refractivity contribution in [3.05, 3.63) is 59.1 Å². The summed E-state index contributed by atoms with van der Waals surface area (Å²) < 4.78 is 14.3. The average molecular weight is 319 g/mol. The summed E-state index contributed by atoms with van der Waals surface area (Å²) in [4.78, 5) is 15.2. The van der Waals surface area contributed by atoms with Gasteiger partial charge in [0.15, 0.2) is 11.5 Å². The smallest absolute Gasteiger partial charge is 0.358 e. The number of carbonyl (C=O) groups is 1. The van der Waals surface area contributed by atoms with Crippen LogP contribution in [0.1, 0.15) is 10.5 Å². The van der Waals surface area contributed by atoms with Gasteiger partial charge < -0.3 is 5.11 Å². The summed E-state index contributed by atoms with van der Waals surface area (Å²) in [7, 11) is 0. The molecule has 3 rings (SSSR count). The minimum atomic E-state index is -1.23. The van der Waals surface area contributed by atoms with Crippen molar-refractivity contribution in [3.8, 4) is 0 Å². The summed E-state index contributed by atoms with van der Waals surface area (Å²) in [6.45, 7) is 0. The van der Waals surface area contributed by atoms with Crippen LogP contribution in [0.3, 0.4) is 0 Å². The fourth-order valence-electron chi connectivity index (χ4n) is 1.86. The van der Waals surface area contributed by atoms with Crippen molar-refractivity contribution in [2.45, 2.75) is 0 Å². The van der Waals surface area contributed by atoms with Crippen LogP contribution in [0, 0.1) is 5.82 Å². The molecule has 0 aliphatic carbocycles. The van der Waals surface area contributed by atoms with Gasteiger partial charge in [0, 0.05) is 6.20 Å². The van der Waals surface area contributed by atoms with Crippen LogP contribution in [0.25, 0.3) is 5.65 Å². The summed E-state index contributed by atoms with van der Waals surface area (Å²) in [5.41, 5.74) is 0.526. The highest BCUT2D eigenvalue weighted by Gasteiger charge is 2.18. The molecule has 0 aliphatic heterocycles. The highest BCUT2D eigenvalue weighted by atomic mass is 35.5. The second-order valence-electron chi connectivity index (χ2n) is 4.34. The third-order valence-corrected chi connectivity index (χ3v) is 3.07. The molecule has 110 valence electrons. The molecule has 0 bridgehead atoms. The SMILES string of the molecule is O=C(O)c1nc2ccc(Cl)cn2c1N=Nc1ccc(F)cc1. The van der Waals surface area contributed by atoms with Gasteiger partial charge >= 0.3 is 5.97 Å². The Labute approximate surface area is 128 Å². The van der Waals surface area contributed by atoms with Crippen LogP contribution < -0.4 is 0 Å². The molecule has 0 amide bonds. The Bertz CT molecular complexity index is 890. The second-order valence-corrected chi connectivity index (χ2v) is 4.78. The molecular formula is C14H8ClFN4O2. The number of fused-ring (bicyclic) bond motifs is 1. The van der Waals surface area contributed by atoms with Crippen molar-refractivity contribution in [1.82, 2.24) is 9.38 Å². The molecule has 8 heteroatoms. The van der Waals surface area contributed by atoms with Crippen LogP contribution in [-0.4, -0.2) is 20.5 Å². The van der Waals surface area contributed by atoms with E-state index in [-0.39, 0.29) is 11.5 Å². The van der Waals surface area contributed by atoms with E-state index >= 15 is 0 Å². The van der Waals surface area contributed by atoms with Crippen LogP contribution in [0.15, 0.2) is 52.8 Å². The molecule has 0 fully saturated rings. The quantitative estimate of drug-likeness (QED) is 0.733. The predicted molar refractivity (Wildman–Crippen MR) is 77.7 cm³/mol. The zero-order valence-electron chi connectivity index (χ0n) is 10.9. The Balaban J connectivity index is 2.11. The van der Waals surface area contributed by atoms with Gasteiger partial charge in [0.25, 0.3) is 0 Å². The maximum Gasteiger partial charge on any atom is 0.358 e. The Morgan fingerprint density at radius 1 is 1.18 bits per heavy atom. The van der Waals surface area contributed by atoms with Gasteiger partial charge in [0.1, 0.15) is 11.5 Å². The van der Waals surface area contributed by atoms with Gasteiger partial charge in [0.2, 0.25) is 0 Å². The lowest BCUT2D eigenvalue weighted by Crippen LogP contribution is -1.96. The number of hydrogen-bond acceptors (Lipinski definition) is 4. The molecule has 1 aromatic carbocycles. The van der Waals surface area contributed by atoms with Crippen molar-refractivity contribution in [3.63, 3.8) is 0 Å². The van der Waals surface area contributed by atoms with Gasteiger partial charge in [-0.3, -0.25) is 4.40 Å². The fraction of sp³-hybridized carbons (Fsp3) is 0. The molecular weight excluding hydrogens is 311 g/mol. The number of imidazole rings is 1. The van der Waals surface area contributed by atoms with Gasteiger partial charge in [-0.25, -0.2) is 14.2 Å². The molecule has 0 spiro atoms. The molecule has 2 aromatic heterocycles. The maximum atomic E-state index is 12.8. The van der Waals surface area contributed by atoms with Gasteiger partial charge in [-0.15, -0.1) is 10.2 Å². The van der Waals surface area contributed by atoms with E-state index in [0.29, 0.717) is 16.4 Å². The fourth-order valence-corrected chi connectivity index (χ4v) is 2.02. The van der Waals surface area contributed by atoms with E-state index in [0.717, 1.165) is 0 Å². The van der Waals surface area contributed by atoms with Crippen molar-refractivity contribution < 1.29 is 14.3 Å². The van der Waals surface area contributed by atoms with Crippen LogP contribution >= 0.6 is 11.6 Å². The standard InChI is InChI=1S/C14H8ClFN4O2/c15-8-1-6-11-17-12(14(21)22)13(20(11)7-8)19-18-10-4-2-9(16)3-5-10/h1-7H,(H,21,22). The molecule has 0 saturated carbocycles. The highest BCUT2D eigenvalue weighted by molar-refractivity contribution is 6.30. The number of azo groups is 1. The Kier molecular flexibility index (Phi) is 3.56. The summed E-state index contributed by atoms with van der Waals surface area (Å²) >= 11 is 5.90. The van der Waals surface area contributed by atoms with Crippen LogP contribution in [0.5, 0.6) is 0 Å². The van der Waals surface area contributed by atoms with Crippen molar-refractivity contribution in [2.24, 2.45) is 10.2 Å². The van der Waals surface area contributed by atoms with E-state index < -0.39 is 11.8 Å². The zero-order chi connectivity index (χ0) is 15.7. The molecule has 0 radical (unpaired) electrons. The van der Waals surface area contributed by atoms with E-state index in [1.807, 2.05) is 0 Å². The summed E-state index contributed by atoms with van der Waals surface area (Å²) in [5, 5.41) is 17.4. The highest BCUT2D eigenvalue weighted by Crippen LogP contribution is 2.25. The number of benzene rings is 1. The molecule has 0 atom stereocenters. The third-order valence-electron chi connectivity index (χ3n) is 2.85.